The Kier molecular flexibility index (Phi) is 6.01. The molecule has 1 aliphatic rings. The maximum absolute atomic E-state index is 12.6. The van der Waals surface area contributed by atoms with Crippen LogP contribution in [0, 0.1) is 12.8 Å². The van der Waals surface area contributed by atoms with Gasteiger partial charge in [0, 0.05) is 18.7 Å². The van der Waals surface area contributed by atoms with Gasteiger partial charge >= 0.3 is 0 Å². The Bertz CT molecular complexity index is 1010. The van der Waals surface area contributed by atoms with Crippen molar-refractivity contribution in [3.63, 3.8) is 0 Å². The van der Waals surface area contributed by atoms with Crippen molar-refractivity contribution >= 4 is 39.2 Å². The number of piperidine rings is 1. The van der Waals surface area contributed by atoms with Crippen LogP contribution in [0.15, 0.2) is 29.3 Å². The maximum Gasteiger partial charge on any atom is 0.232 e. The van der Waals surface area contributed by atoms with Gasteiger partial charge in [0.1, 0.15) is 22.0 Å². The standard InChI is InChI=1S/C21H24N4O2S2/c1-13-8-10-25(11-9-13)17(26)12-28-21-19-20(29-14(2)22-19)18(23-24-21)15-4-6-16(27-3)7-5-15/h4-7,13H,8-12H2,1-3H3. The van der Waals surface area contributed by atoms with Crippen molar-refractivity contribution in [2.24, 2.45) is 5.92 Å². The second kappa shape index (κ2) is 8.67. The summed E-state index contributed by atoms with van der Waals surface area (Å²) in [6, 6.07) is 7.78. The predicted molar refractivity (Wildman–Crippen MR) is 118 cm³/mol. The molecule has 0 saturated carbocycles. The third-order valence-corrected chi connectivity index (χ3v) is 7.14. The van der Waals surface area contributed by atoms with Gasteiger partial charge in [-0.05, 0) is 49.9 Å². The summed E-state index contributed by atoms with van der Waals surface area (Å²) >= 11 is 3.04. The molecule has 0 aliphatic carbocycles. The number of hydrogen-bond donors (Lipinski definition) is 0. The monoisotopic (exact) mass is 428 g/mol. The smallest absolute Gasteiger partial charge is 0.232 e. The number of rotatable bonds is 5. The average molecular weight is 429 g/mol. The molecule has 0 spiro atoms. The largest absolute Gasteiger partial charge is 0.497 e. The lowest BCUT2D eigenvalue weighted by Gasteiger charge is -2.30. The Morgan fingerprint density at radius 3 is 2.66 bits per heavy atom. The van der Waals surface area contributed by atoms with Gasteiger partial charge in [-0.2, -0.15) is 0 Å². The van der Waals surface area contributed by atoms with E-state index in [-0.39, 0.29) is 5.91 Å². The van der Waals surface area contributed by atoms with Gasteiger partial charge in [0.2, 0.25) is 5.91 Å². The van der Waals surface area contributed by atoms with E-state index < -0.39 is 0 Å². The number of nitrogens with zero attached hydrogens (tertiary/aromatic N) is 4. The maximum atomic E-state index is 12.6. The van der Waals surface area contributed by atoms with Crippen LogP contribution in [-0.2, 0) is 4.79 Å². The molecule has 29 heavy (non-hydrogen) atoms. The molecular weight excluding hydrogens is 404 g/mol. The Balaban J connectivity index is 1.55. The number of thiazole rings is 1. The van der Waals surface area contributed by atoms with Crippen LogP contribution >= 0.6 is 23.1 Å². The molecule has 0 unspecified atom stereocenters. The van der Waals surface area contributed by atoms with Crippen LogP contribution in [0.3, 0.4) is 0 Å². The first-order valence-electron chi connectivity index (χ1n) is 9.74. The van der Waals surface area contributed by atoms with Crippen LogP contribution in [0.5, 0.6) is 5.75 Å². The summed E-state index contributed by atoms with van der Waals surface area (Å²) in [5.74, 6) is 2.05. The molecule has 1 aromatic carbocycles. The SMILES string of the molecule is COc1ccc(-c2nnc(SCC(=O)N3CCC(C)CC3)c3nc(C)sc23)cc1. The van der Waals surface area contributed by atoms with E-state index in [0.717, 1.165) is 63.2 Å². The molecule has 3 aromatic rings. The van der Waals surface area contributed by atoms with E-state index in [9.17, 15) is 4.79 Å². The zero-order valence-electron chi connectivity index (χ0n) is 16.8. The van der Waals surface area contributed by atoms with Crippen molar-refractivity contribution in [1.29, 1.82) is 0 Å². The molecule has 0 radical (unpaired) electrons. The average Bonchev–Trinajstić information content (AvgIpc) is 3.14. The molecule has 1 fully saturated rings. The third kappa shape index (κ3) is 4.38. The molecule has 0 N–H and O–H groups in total. The summed E-state index contributed by atoms with van der Waals surface area (Å²) < 4.78 is 6.25. The van der Waals surface area contributed by atoms with Crippen molar-refractivity contribution < 1.29 is 9.53 Å². The molecule has 4 rings (SSSR count). The van der Waals surface area contributed by atoms with Crippen molar-refractivity contribution in [3.05, 3.63) is 29.3 Å². The van der Waals surface area contributed by atoms with Gasteiger partial charge in [0.15, 0.2) is 0 Å². The lowest BCUT2D eigenvalue weighted by molar-refractivity contribution is -0.129. The van der Waals surface area contributed by atoms with Crippen LogP contribution < -0.4 is 4.74 Å². The van der Waals surface area contributed by atoms with Crippen LogP contribution in [-0.4, -0.2) is 51.9 Å². The predicted octanol–water partition coefficient (Wildman–Crippen LogP) is 4.42. The van der Waals surface area contributed by atoms with Crippen LogP contribution in [0.2, 0.25) is 0 Å². The first-order chi connectivity index (χ1) is 14.0. The van der Waals surface area contributed by atoms with Gasteiger partial charge in [-0.1, -0.05) is 18.7 Å². The van der Waals surface area contributed by atoms with E-state index in [4.69, 9.17) is 4.74 Å². The van der Waals surface area contributed by atoms with E-state index in [2.05, 4.69) is 22.1 Å². The number of aromatic nitrogens is 3. The number of hydrogen-bond acceptors (Lipinski definition) is 7. The van der Waals surface area contributed by atoms with Gasteiger partial charge in [-0.15, -0.1) is 21.5 Å². The lowest BCUT2D eigenvalue weighted by atomic mass is 9.99. The number of carbonyl (C=O) groups is 1. The minimum Gasteiger partial charge on any atom is -0.497 e. The topological polar surface area (TPSA) is 68.2 Å². The minimum absolute atomic E-state index is 0.169. The van der Waals surface area contributed by atoms with Gasteiger partial charge in [-0.25, -0.2) is 4.98 Å². The third-order valence-electron chi connectivity index (χ3n) is 5.22. The van der Waals surface area contributed by atoms with Crippen LogP contribution in [0.25, 0.3) is 21.5 Å². The molecule has 8 heteroatoms. The summed E-state index contributed by atoms with van der Waals surface area (Å²) in [7, 11) is 1.65. The summed E-state index contributed by atoms with van der Waals surface area (Å²) in [4.78, 5) is 19.2. The first-order valence-corrected chi connectivity index (χ1v) is 11.5. The van der Waals surface area contributed by atoms with Gasteiger partial charge < -0.3 is 9.64 Å². The summed E-state index contributed by atoms with van der Waals surface area (Å²) in [5.41, 5.74) is 2.62. The van der Waals surface area contributed by atoms with Crippen molar-refractivity contribution in [2.75, 3.05) is 26.0 Å². The highest BCUT2D eigenvalue weighted by molar-refractivity contribution is 8.00. The Labute approximate surface area is 178 Å². The number of likely N-dealkylation sites (tertiary alicyclic amines) is 1. The number of amides is 1. The lowest BCUT2D eigenvalue weighted by Crippen LogP contribution is -2.38. The zero-order valence-corrected chi connectivity index (χ0v) is 18.5. The second-order valence-electron chi connectivity index (χ2n) is 7.34. The Morgan fingerprint density at radius 2 is 1.97 bits per heavy atom. The number of benzene rings is 1. The molecule has 3 heterocycles. The molecule has 0 atom stereocenters. The van der Waals surface area contributed by atoms with Gasteiger partial charge in [0.05, 0.1) is 22.6 Å². The van der Waals surface area contributed by atoms with Crippen molar-refractivity contribution in [2.45, 2.75) is 31.7 Å². The van der Waals surface area contributed by atoms with Gasteiger partial charge in [0.25, 0.3) is 0 Å². The molecule has 6 nitrogen and oxygen atoms in total. The normalized spacial score (nSPS) is 15.1. The number of methoxy groups -OCH3 is 1. The molecule has 1 amide bonds. The molecule has 2 aromatic heterocycles. The molecule has 1 aliphatic heterocycles. The highest BCUT2D eigenvalue weighted by Gasteiger charge is 2.22. The fraction of sp³-hybridized carbons (Fsp3) is 0.429. The van der Waals surface area contributed by atoms with E-state index in [1.165, 1.54) is 11.8 Å². The summed E-state index contributed by atoms with van der Waals surface area (Å²) in [6.07, 6.45) is 2.17. The highest BCUT2D eigenvalue weighted by Crippen LogP contribution is 2.35. The zero-order chi connectivity index (χ0) is 20.4. The highest BCUT2D eigenvalue weighted by atomic mass is 32.2. The van der Waals surface area contributed by atoms with E-state index in [1.807, 2.05) is 36.1 Å². The Morgan fingerprint density at radius 1 is 1.24 bits per heavy atom. The molecule has 0 bridgehead atoms. The second-order valence-corrected chi connectivity index (χ2v) is 9.51. The molecule has 152 valence electrons. The quantitative estimate of drug-likeness (QED) is 0.560. The number of ether oxygens (including phenoxy) is 1. The minimum atomic E-state index is 0.169. The fourth-order valence-electron chi connectivity index (χ4n) is 3.44. The van der Waals surface area contributed by atoms with E-state index >= 15 is 0 Å². The fourth-order valence-corrected chi connectivity index (χ4v) is 5.25. The Hall–Kier alpha value is -2.19. The van der Waals surface area contributed by atoms with Crippen molar-refractivity contribution in [3.8, 4) is 17.0 Å². The van der Waals surface area contributed by atoms with E-state index in [1.54, 1.807) is 18.4 Å². The van der Waals surface area contributed by atoms with Crippen LogP contribution in [0.1, 0.15) is 24.8 Å². The number of aryl methyl sites for hydroxylation is 1. The van der Waals surface area contributed by atoms with Crippen molar-refractivity contribution in [1.82, 2.24) is 20.1 Å². The number of carbonyl (C=O) groups excluding carboxylic acids is 1. The number of thioether (sulfide) groups is 1. The van der Waals surface area contributed by atoms with Gasteiger partial charge in [-0.3, -0.25) is 4.79 Å². The van der Waals surface area contributed by atoms with Crippen LogP contribution in [0.4, 0.5) is 0 Å². The number of fused-ring (bicyclic) bond motifs is 1. The molecular formula is C21H24N4O2S2. The summed E-state index contributed by atoms with van der Waals surface area (Å²) in [5, 5.41) is 10.6. The summed E-state index contributed by atoms with van der Waals surface area (Å²) in [6.45, 7) is 5.94. The first kappa shape index (κ1) is 20.1. The van der Waals surface area contributed by atoms with E-state index in [0.29, 0.717) is 11.7 Å². The molecule has 1 saturated heterocycles.